The van der Waals surface area contributed by atoms with E-state index in [9.17, 15) is 9.59 Å². The maximum Gasteiger partial charge on any atom is 0.407 e. The van der Waals surface area contributed by atoms with Gasteiger partial charge in [-0.1, -0.05) is 60.7 Å². The zero-order valence-corrected chi connectivity index (χ0v) is 13.4. The quantitative estimate of drug-likeness (QED) is 0.831. The maximum atomic E-state index is 12.0. The fourth-order valence-corrected chi connectivity index (χ4v) is 2.90. The van der Waals surface area contributed by atoms with Crippen molar-refractivity contribution in [2.75, 3.05) is 0 Å². The highest BCUT2D eigenvalue weighted by Crippen LogP contribution is 2.32. The summed E-state index contributed by atoms with van der Waals surface area (Å²) in [5, 5.41) is 5.65. The molecule has 1 aliphatic heterocycles. The van der Waals surface area contributed by atoms with Crippen LogP contribution in [0.5, 0.6) is 0 Å². The minimum Gasteiger partial charge on any atom is -0.445 e. The third-order valence-corrected chi connectivity index (χ3v) is 4.22. The molecule has 0 bridgehead atoms. The Hall–Kier alpha value is -2.82. The molecule has 24 heavy (non-hydrogen) atoms. The molecule has 1 heterocycles. The van der Waals surface area contributed by atoms with E-state index in [1.807, 2.05) is 67.6 Å². The molecule has 2 N–H and O–H groups in total. The Balaban J connectivity index is 1.54. The first kappa shape index (κ1) is 16.1. The van der Waals surface area contributed by atoms with Crippen LogP contribution in [-0.4, -0.2) is 18.0 Å². The van der Waals surface area contributed by atoms with Crippen LogP contribution in [0.25, 0.3) is 0 Å². The van der Waals surface area contributed by atoms with E-state index in [0.29, 0.717) is 0 Å². The molecule has 1 fully saturated rings. The van der Waals surface area contributed by atoms with E-state index in [2.05, 4.69) is 10.6 Å². The maximum absolute atomic E-state index is 12.0. The molecule has 0 radical (unpaired) electrons. The van der Waals surface area contributed by atoms with Gasteiger partial charge in [0, 0.05) is 6.04 Å². The smallest absolute Gasteiger partial charge is 0.407 e. The van der Waals surface area contributed by atoms with Gasteiger partial charge in [0.1, 0.15) is 6.61 Å². The van der Waals surface area contributed by atoms with E-state index in [4.69, 9.17) is 4.74 Å². The van der Waals surface area contributed by atoms with E-state index in [1.54, 1.807) is 0 Å². The summed E-state index contributed by atoms with van der Waals surface area (Å²) in [7, 11) is 0. The fraction of sp³-hybridized carbons (Fsp3) is 0.263. The highest BCUT2D eigenvalue weighted by molar-refractivity contribution is 5.87. The van der Waals surface area contributed by atoms with Crippen LogP contribution in [0.1, 0.15) is 24.1 Å². The van der Waals surface area contributed by atoms with Crippen LogP contribution in [0.4, 0.5) is 4.79 Å². The molecule has 3 atom stereocenters. The number of nitrogens with one attached hydrogen (secondary N) is 2. The van der Waals surface area contributed by atoms with Gasteiger partial charge in [-0.3, -0.25) is 4.79 Å². The molecule has 2 aromatic rings. The van der Waals surface area contributed by atoms with Gasteiger partial charge >= 0.3 is 6.09 Å². The van der Waals surface area contributed by atoms with Crippen molar-refractivity contribution in [1.82, 2.24) is 10.6 Å². The summed E-state index contributed by atoms with van der Waals surface area (Å²) in [5.74, 6) is -0.351. The van der Waals surface area contributed by atoms with Crippen LogP contribution >= 0.6 is 0 Å². The number of ether oxygens (including phenoxy) is 1. The Labute approximate surface area is 141 Å². The van der Waals surface area contributed by atoms with Crippen LogP contribution < -0.4 is 10.6 Å². The van der Waals surface area contributed by atoms with Crippen molar-refractivity contribution in [2.24, 2.45) is 5.92 Å². The van der Waals surface area contributed by atoms with Crippen molar-refractivity contribution in [3.63, 3.8) is 0 Å². The normalized spacial score (nSPS) is 20.5. The van der Waals surface area contributed by atoms with Crippen LogP contribution in [0.2, 0.25) is 0 Å². The SMILES string of the molecule is C[C@H](NC(=O)OCc1ccccc1)[C@H]1C(=O)N[C@@H]1c1ccccc1. The average Bonchev–Trinajstić information content (AvgIpc) is 2.59. The molecule has 5 heteroatoms. The number of hydrogen-bond acceptors (Lipinski definition) is 3. The molecular formula is C19H20N2O3. The molecule has 3 rings (SSSR count). The van der Waals surface area contributed by atoms with Crippen molar-refractivity contribution >= 4 is 12.0 Å². The van der Waals surface area contributed by atoms with Gasteiger partial charge in [-0.25, -0.2) is 4.79 Å². The lowest BCUT2D eigenvalue weighted by Gasteiger charge is -2.40. The van der Waals surface area contributed by atoms with Crippen LogP contribution in [0.3, 0.4) is 0 Å². The van der Waals surface area contributed by atoms with E-state index in [0.717, 1.165) is 11.1 Å². The molecule has 2 amide bonds. The average molecular weight is 324 g/mol. The second-order valence-corrected chi connectivity index (χ2v) is 5.92. The Morgan fingerprint density at radius 1 is 1.12 bits per heavy atom. The lowest BCUT2D eigenvalue weighted by Crippen LogP contribution is -2.59. The molecule has 0 unspecified atom stereocenters. The molecule has 1 aliphatic rings. The van der Waals surface area contributed by atoms with Gasteiger partial charge in [0.15, 0.2) is 0 Å². The van der Waals surface area contributed by atoms with Gasteiger partial charge in [-0.05, 0) is 18.1 Å². The van der Waals surface area contributed by atoms with Crippen molar-refractivity contribution in [2.45, 2.75) is 25.6 Å². The predicted octanol–water partition coefficient (Wildman–Crippen LogP) is 2.79. The third kappa shape index (κ3) is 3.56. The van der Waals surface area contributed by atoms with Gasteiger partial charge in [0.25, 0.3) is 0 Å². The largest absolute Gasteiger partial charge is 0.445 e. The van der Waals surface area contributed by atoms with Crippen molar-refractivity contribution < 1.29 is 14.3 Å². The summed E-state index contributed by atoms with van der Waals surface area (Å²) in [5.41, 5.74) is 1.96. The second kappa shape index (κ2) is 7.17. The van der Waals surface area contributed by atoms with Crippen molar-refractivity contribution in [1.29, 1.82) is 0 Å². The summed E-state index contributed by atoms with van der Waals surface area (Å²) in [6, 6.07) is 18.8. The highest BCUT2D eigenvalue weighted by Gasteiger charge is 2.44. The van der Waals surface area contributed by atoms with Gasteiger partial charge in [-0.15, -0.1) is 0 Å². The summed E-state index contributed by atoms with van der Waals surface area (Å²) in [6.45, 7) is 2.03. The van der Waals surface area contributed by atoms with Crippen LogP contribution in [0, 0.1) is 5.92 Å². The van der Waals surface area contributed by atoms with Crippen molar-refractivity contribution in [3.05, 3.63) is 71.8 Å². The number of amides is 2. The Morgan fingerprint density at radius 3 is 2.38 bits per heavy atom. The second-order valence-electron chi connectivity index (χ2n) is 5.92. The standard InChI is InChI=1S/C19H20N2O3/c1-13(20-19(23)24-12-14-8-4-2-5-9-14)16-17(21-18(16)22)15-10-6-3-7-11-15/h2-11,13,16-17H,12H2,1H3,(H,20,23)(H,21,22)/t13-,16+,17+/m0/s1. The lowest BCUT2D eigenvalue weighted by atomic mass is 9.80. The first-order valence-electron chi connectivity index (χ1n) is 7.97. The van der Waals surface area contributed by atoms with E-state index >= 15 is 0 Å². The van der Waals surface area contributed by atoms with Gasteiger partial charge in [-0.2, -0.15) is 0 Å². The highest BCUT2D eigenvalue weighted by atomic mass is 16.5. The number of alkyl carbamates (subject to hydrolysis) is 1. The van der Waals surface area contributed by atoms with Gasteiger partial charge in [0.05, 0.1) is 12.0 Å². The predicted molar refractivity (Wildman–Crippen MR) is 90.0 cm³/mol. The molecule has 2 aromatic carbocycles. The van der Waals surface area contributed by atoms with Gasteiger partial charge < -0.3 is 15.4 Å². The summed E-state index contributed by atoms with van der Waals surface area (Å²) >= 11 is 0. The van der Waals surface area contributed by atoms with Gasteiger partial charge in [0.2, 0.25) is 5.91 Å². The molecular weight excluding hydrogens is 304 g/mol. The molecule has 0 saturated carbocycles. The Morgan fingerprint density at radius 2 is 1.75 bits per heavy atom. The minimum atomic E-state index is -0.516. The first-order chi connectivity index (χ1) is 11.6. The molecule has 0 aliphatic carbocycles. The van der Waals surface area contributed by atoms with Crippen LogP contribution in [-0.2, 0) is 16.1 Å². The van der Waals surface area contributed by atoms with E-state index in [-0.39, 0.29) is 30.5 Å². The number of rotatable bonds is 5. The monoisotopic (exact) mass is 324 g/mol. The topological polar surface area (TPSA) is 67.4 Å². The van der Waals surface area contributed by atoms with E-state index < -0.39 is 6.09 Å². The minimum absolute atomic E-state index is 0.0558. The number of β-lactam (4-membered cyclic amide) rings is 1. The fourth-order valence-electron chi connectivity index (χ4n) is 2.90. The molecule has 5 nitrogen and oxygen atoms in total. The zero-order chi connectivity index (χ0) is 16.9. The number of carbonyl (C=O) groups excluding carboxylic acids is 2. The molecule has 1 saturated heterocycles. The van der Waals surface area contributed by atoms with Crippen molar-refractivity contribution in [3.8, 4) is 0 Å². The summed E-state index contributed by atoms with van der Waals surface area (Å²) < 4.78 is 5.21. The number of benzene rings is 2. The van der Waals surface area contributed by atoms with E-state index in [1.165, 1.54) is 0 Å². The van der Waals surface area contributed by atoms with Crippen LogP contribution in [0.15, 0.2) is 60.7 Å². The lowest BCUT2D eigenvalue weighted by molar-refractivity contribution is -0.136. The molecule has 0 aromatic heterocycles. The first-order valence-corrected chi connectivity index (χ1v) is 7.97. The zero-order valence-electron chi connectivity index (χ0n) is 13.4. The Bertz CT molecular complexity index is 703. The summed E-state index contributed by atoms with van der Waals surface area (Å²) in [6.07, 6.45) is -0.516. The summed E-state index contributed by atoms with van der Waals surface area (Å²) in [4.78, 5) is 23.9. The molecule has 0 spiro atoms. The third-order valence-electron chi connectivity index (χ3n) is 4.22. The Kier molecular flexibility index (Phi) is 4.79. The molecule has 124 valence electrons. The number of hydrogen-bond donors (Lipinski definition) is 2. The number of carbonyl (C=O) groups is 2.